The molecule has 116 valence electrons. The molecular formula is C21H15FN2. The van der Waals surface area contributed by atoms with E-state index < -0.39 is 0 Å². The van der Waals surface area contributed by atoms with Gasteiger partial charge in [-0.25, -0.2) is 9.37 Å². The summed E-state index contributed by atoms with van der Waals surface area (Å²) >= 11 is 0. The number of pyridine rings is 2. The normalized spacial score (nSPS) is 13.5. The molecule has 0 saturated carbocycles. The highest BCUT2D eigenvalue weighted by Gasteiger charge is 2.22. The van der Waals surface area contributed by atoms with Crippen LogP contribution in [0, 0.1) is 5.82 Å². The first-order chi connectivity index (χ1) is 11.8. The van der Waals surface area contributed by atoms with Crippen LogP contribution >= 0.6 is 0 Å². The second kappa shape index (κ2) is 5.10. The minimum Gasteiger partial charge on any atom is -0.256 e. The van der Waals surface area contributed by atoms with Gasteiger partial charge in [0.25, 0.3) is 0 Å². The lowest BCUT2D eigenvalue weighted by atomic mass is 9.96. The second-order valence-corrected chi connectivity index (χ2v) is 6.31. The molecule has 0 atom stereocenters. The van der Waals surface area contributed by atoms with Crippen molar-refractivity contribution >= 4 is 21.8 Å². The first-order valence-corrected chi connectivity index (χ1v) is 8.26. The van der Waals surface area contributed by atoms with Gasteiger partial charge in [-0.2, -0.15) is 0 Å². The van der Waals surface area contributed by atoms with E-state index in [1.165, 1.54) is 34.0 Å². The molecule has 2 nitrogen and oxygen atoms in total. The molecule has 24 heavy (non-hydrogen) atoms. The minimum atomic E-state index is -0.215. The highest BCUT2D eigenvalue weighted by atomic mass is 19.1. The number of hydrogen-bond acceptors (Lipinski definition) is 2. The zero-order chi connectivity index (χ0) is 16.1. The fraction of sp³-hybridized carbons (Fsp3) is 0.143. The lowest BCUT2D eigenvalue weighted by Gasteiger charge is -2.13. The molecule has 0 N–H and O–H groups in total. The third-order valence-corrected chi connectivity index (χ3v) is 4.92. The zero-order valence-corrected chi connectivity index (χ0v) is 13.1. The van der Waals surface area contributed by atoms with E-state index in [0.29, 0.717) is 0 Å². The van der Waals surface area contributed by atoms with Gasteiger partial charge in [0.2, 0.25) is 0 Å². The van der Waals surface area contributed by atoms with E-state index in [4.69, 9.17) is 4.98 Å². The number of aromatic nitrogens is 2. The molecule has 5 rings (SSSR count). The van der Waals surface area contributed by atoms with Crippen molar-refractivity contribution in [1.29, 1.82) is 0 Å². The van der Waals surface area contributed by atoms with Crippen molar-refractivity contribution < 1.29 is 4.39 Å². The molecule has 2 heterocycles. The Morgan fingerprint density at radius 2 is 1.62 bits per heavy atom. The van der Waals surface area contributed by atoms with Crippen LogP contribution in [-0.2, 0) is 12.8 Å². The Bertz CT molecular complexity index is 1080. The molecule has 2 aromatic heterocycles. The lowest BCUT2D eigenvalue weighted by molar-refractivity contribution is 0.628. The molecule has 0 spiro atoms. The van der Waals surface area contributed by atoms with Gasteiger partial charge in [-0.3, -0.25) is 4.98 Å². The molecule has 1 aliphatic rings. The number of fused-ring (bicyclic) bond motifs is 5. The largest absolute Gasteiger partial charge is 0.256 e. The highest BCUT2D eigenvalue weighted by Crippen LogP contribution is 2.38. The predicted octanol–water partition coefficient (Wildman–Crippen LogP) is 5.08. The standard InChI is InChI=1S/C21H15FN2/c22-14-8-6-13(7-9-14)21-16-4-1-3-15(16)20-17-5-2-12-23-18(17)10-11-19(20)24-21/h2,5-12H,1,3-4H2. The molecule has 0 fully saturated rings. The van der Waals surface area contributed by atoms with Crippen molar-refractivity contribution in [2.75, 3.05) is 0 Å². The van der Waals surface area contributed by atoms with Gasteiger partial charge in [0, 0.05) is 22.5 Å². The number of aryl methyl sites for hydroxylation is 1. The van der Waals surface area contributed by atoms with Crippen LogP contribution < -0.4 is 0 Å². The third-order valence-electron chi connectivity index (χ3n) is 4.92. The predicted molar refractivity (Wildman–Crippen MR) is 94.5 cm³/mol. The maximum Gasteiger partial charge on any atom is 0.123 e. The highest BCUT2D eigenvalue weighted by molar-refractivity contribution is 6.08. The molecule has 0 bridgehead atoms. The topological polar surface area (TPSA) is 25.8 Å². The maximum absolute atomic E-state index is 13.3. The van der Waals surface area contributed by atoms with Gasteiger partial charge < -0.3 is 0 Å². The van der Waals surface area contributed by atoms with E-state index >= 15 is 0 Å². The van der Waals surface area contributed by atoms with Gasteiger partial charge in [0.15, 0.2) is 0 Å². The van der Waals surface area contributed by atoms with Crippen molar-refractivity contribution in [2.24, 2.45) is 0 Å². The summed E-state index contributed by atoms with van der Waals surface area (Å²) in [6, 6.07) is 14.9. The SMILES string of the molecule is Fc1ccc(-c2nc3ccc4ncccc4c3c3c2CCC3)cc1. The summed E-state index contributed by atoms with van der Waals surface area (Å²) in [5.74, 6) is -0.215. The van der Waals surface area contributed by atoms with Crippen molar-refractivity contribution in [3.63, 3.8) is 0 Å². The van der Waals surface area contributed by atoms with E-state index in [1.807, 2.05) is 30.5 Å². The summed E-state index contributed by atoms with van der Waals surface area (Å²) in [6.45, 7) is 0. The van der Waals surface area contributed by atoms with Crippen LogP contribution in [0.15, 0.2) is 54.7 Å². The Morgan fingerprint density at radius 3 is 2.50 bits per heavy atom. The number of benzene rings is 2. The van der Waals surface area contributed by atoms with Gasteiger partial charge in [-0.05, 0) is 72.9 Å². The third kappa shape index (κ3) is 1.94. The van der Waals surface area contributed by atoms with Crippen LogP contribution in [0.5, 0.6) is 0 Å². The Balaban J connectivity index is 1.88. The summed E-state index contributed by atoms with van der Waals surface area (Å²) in [7, 11) is 0. The summed E-state index contributed by atoms with van der Waals surface area (Å²) in [5.41, 5.74) is 6.69. The second-order valence-electron chi connectivity index (χ2n) is 6.31. The molecule has 3 heteroatoms. The minimum absolute atomic E-state index is 0.215. The lowest BCUT2D eigenvalue weighted by Crippen LogP contribution is -1.97. The first kappa shape index (κ1) is 13.6. The van der Waals surface area contributed by atoms with Crippen LogP contribution in [0.4, 0.5) is 4.39 Å². The van der Waals surface area contributed by atoms with Crippen LogP contribution in [0.2, 0.25) is 0 Å². The Labute approximate surface area is 139 Å². The first-order valence-electron chi connectivity index (χ1n) is 8.26. The van der Waals surface area contributed by atoms with Crippen LogP contribution in [0.3, 0.4) is 0 Å². The van der Waals surface area contributed by atoms with E-state index in [-0.39, 0.29) is 5.82 Å². The van der Waals surface area contributed by atoms with Crippen LogP contribution in [0.1, 0.15) is 17.5 Å². The molecular weight excluding hydrogens is 299 g/mol. The summed E-state index contributed by atoms with van der Waals surface area (Å²) in [6.07, 6.45) is 5.06. The van der Waals surface area contributed by atoms with Crippen molar-refractivity contribution in [2.45, 2.75) is 19.3 Å². The van der Waals surface area contributed by atoms with E-state index in [0.717, 1.165) is 41.6 Å². The molecule has 0 saturated heterocycles. The Kier molecular flexibility index (Phi) is 2.89. The van der Waals surface area contributed by atoms with Gasteiger partial charge >= 0.3 is 0 Å². The Morgan fingerprint density at radius 1 is 0.833 bits per heavy atom. The van der Waals surface area contributed by atoms with Gasteiger partial charge in [-0.15, -0.1) is 0 Å². The number of halogens is 1. The van der Waals surface area contributed by atoms with E-state index in [9.17, 15) is 4.39 Å². The van der Waals surface area contributed by atoms with Gasteiger partial charge in [0.05, 0.1) is 16.7 Å². The smallest absolute Gasteiger partial charge is 0.123 e. The van der Waals surface area contributed by atoms with Crippen molar-refractivity contribution in [1.82, 2.24) is 9.97 Å². The summed E-state index contributed by atoms with van der Waals surface area (Å²) in [5, 5.41) is 2.41. The molecule has 0 amide bonds. The van der Waals surface area contributed by atoms with E-state index in [2.05, 4.69) is 17.1 Å². The summed E-state index contributed by atoms with van der Waals surface area (Å²) < 4.78 is 13.3. The molecule has 1 aliphatic carbocycles. The molecule has 4 aromatic rings. The monoisotopic (exact) mass is 314 g/mol. The van der Waals surface area contributed by atoms with Gasteiger partial charge in [0.1, 0.15) is 5.82 Å². The molecule has 0 unspecified atom stereocenters. The molecule has 2 aromatic carbocycles. The van der Waals surface area contributed by atoms with E-state index in [1.54, 1.807) is 0 Å². The van der Waals surface area contributed by atoms with Crippen LogP contribution in [-0.4, -0.2) is 9.97 Å². The fourth-order valence-corrected chi connectivity index (χ4v) is 3.87. The molecule has 0 radical (unpaired) electrons. The summed E-state index contributed by atoms with van der Waals surface area (Å²) in [4.78, 5) is 9.42. The zero-order valence-electron chi connectivity index (χ0n) is 13.1. The van der Waals surface area contributed by atoms with Gasteiger partial charge in [-0.1, -0.05) is 6.07 Å². The average Bonchev–Trinajstić information content (AvgIpc) is 3.11. The maximum atomic E-state index is 13.3. The number of hydrogen-bond donors (Lipinski definition) is 0. The Hall–Kier alpha value is -2.81. The average molecular weight is 314 g/mol. The van der Waals surface area contributed by atoms with Crippen molar-refractivity contribution in [3.05, 3.63) is 71.7 Å². The number of rotatable bonds is 1. The molecule has 0 aliphatic heterocycles. The number of nitrogens with zero attached hydrogens (tertiary/aromatic N) is 2. The van der Waals surface area contributed by atoms with Crippen LogP contribution in [0.25, 0.3) is 33.1 Å². The van der Waals surface area contributed by atoms with Crippen molar-refractivity contribution in [3.8, 4) is 11.3 Å². The fourth-order valence-electron chi connectivity index (χ4n) is 3.87. The quantitative estimate of drug-likeness (QED) is 0.458.